The van der Waals surface area contributed by atoms with Gasteiger partial charge in [0.15, 0.2) is 5.06 Å². The van der Waals surface area contributed by atoms with Gasteiger partial charge in [0.2, 0.25) is 5.91 Å². The van der Waals surface area contributed by atoms with Crippen LogP contribution in [0.5, 0.6) is 5.06 Å². The molecule has 0 bridgehead atoms. The van der Waals surface area contributed by atoms with Gasteiger partial charge in [-0.15, -0.1) is 0 Å². The highest BCUT2D eigenvalue weighted by Gasteiger charge is 2.31. The Morgan fingerprint density at radius 2 is 1.83 bits per heavy atom. The normalized spacial score (nSPS) is 13.3. The number of amides is 3. The molecule has 1 aromatic carbocycles. The van der Waals surface area contributed by atoms with E-state index >= 15 is 0 Å². The predicted octanol–water partition coefficient (Wildman–Crippen LogP) is 4.34. The molecule has 2 heterocycles. The van der Waals surface area contributed by atoms with E-state index < -0.39 is 17.5 Å². The first-order valence-electron chi connectivity index (χ1n) is 9.27. The Bertz CT molecular complexity index is 1010. The molecule has 0 aliphatic carbocycles. The Labute approximate surface area is 187 Å². The highest BCUT2D eigenvalue weighted by atomic mass is 79.9. The molecule has 0 radical (unpaired) electrons. The van der Waals surface area contributed by atoms with Crippen LogP contribution in [0.15, 0.2) is 46.3 Å². The Balaban J connectivity index is 1.61. The number of hydrogen-bond acceptors (Lipinski definition) is 5. The second-order valence-electron chi connectivity index (χ2n) is 7.36. The maximum absolute atomic E-state index is 12.7. The molecule has 2 aromatic rings. The molecule has 1 aromatic heterocycles. The molecule has 9 heteroatoms. The molecule has 0 saturated carbocycles. The molecule has 0 saturated heterocycles. The van der Waals surface area contributed by atoms with Crippen LogP contribution in [0, 0.1) is 6.92 Å². The molecule has 30 heavy (non-hydrogen) atoms. The van der Waals surface area contributed by atoms with Gasteiger partial charge in [0.05, 0.1) is 3.79 Å². The van der Waals surface area contributed by atoms with Crippen molar-refractivity contribution in [2.75, 3.05) is 18.4 Å². The van der Waals surface area contributed by atoms with Gasteiger partial charge in [-0.25, -0.2) is 4.79 Å². The fourth-order valence-electron chi connectivity index (χ4n) is 2.86. The Hall–Kier alpha value is -2.65. The van der Waals surface area contributed by atoms with Gasteiger partial charge in [-0.1, -0.05) is 23.5 Å². The van der Waals surface area contributed by atoms with E-state index in [9.17, 15) is 14.4 Å². The third-order valence-corrected chi connectivity index (χ3v) is 6.05. The maximum atomic E-state index is 12.7. The molecule has 3 amide bonds. The molecule has 0 unspecified atom stereocenters. The number of nitrogens with zero attached hydrogens (tertiary/aromatic N) is 1. The van der Waals surface area contributed by atoms with E-state index in [2.05, 4.69) is 26.6 Å². The summed E-state index contributed by atoms with van der Waals surface area (Å²) in [5.41, 5.74) is 0.687. The Morgan fingerprint density at radius 3 is 2.43 bits per heavy atom. The third kappa shape index (κ3) is 5.28. The number of ether oxygens (including phenoxy) is 1. The SMILES string of the molecule is Cc1cc(NC(=O)C(C)(C)NC(=O)Oc2ccc(Br)s2)ccc1C(=O)N1CC=CC1. The van der Waals surface area contributed by atoms with Crippen molar-refractivity contribution in [3.05, 3.63) is 57.4 Å². The zero-order valence-electron chi connectivity index (χ0n) is 16.8. The molecular formula is C21H22BrN3O4S. The van der Waals surface area contributed by atoms with E-state index in [0.717, 1.165) is 9.35 Å². The average molecular weight is 492 g/mol. The van der Waals surface area contributed by atoms with Crippen molar-refractivity contribution in [1.29, 1.82) is 0 Å². The lowest BCUT2D eigenvalue weighted by atomic mass is 10.0. The first-order chi connectivity index (χ1) is 14.2. The number of thiophene rings is 1. The van der Waals surface area contributed by atoms with Crippen LogP contribution >= 0.6 is 27.3 Å². The lowest BCUT2D eigenvalue weighted by Gasteiger charge is -2.24. The van der Waals surface area contributed by atoms with Gasteiger partial charge in [-0.2, -0.15) is 0 Å². The smallest absolute Gasteiger partial charge is 0.399 e. The minimum atomic E-state index is -1.21. The molecule has 2 N–H and O–H groups in total. The van der Waals surface area contributed by atoms with Gasteiger partial charge in [0, 0.05) is 24.3 Å². The van der Waals surface area contributed by atoms with Crippen LogP contribution in [0.25, 0.3) is 0 Å². The molecule has 158 valence electrons. The summed E-state index contributed by atoms with van der Waals surface area (Å²) in [6.07, 6.45) is 3.19. The lowest BCUT2D eigenvalue weighted by molar-refractivity contribution is -0.121. The van der Waals surface area contributed by atoms with E-state index in [-0.39, 0.29) is 5.91 Å². The molecule has 7 nitrogen and oxygen atoms in total. The van der Waals surface area contributed by atoms with Crippen LogP contribution in [0.1, 0.15) is 29.8 Å². The summed E-state index contributed by atoms with van der Waals surface area (Å²) in [5, 5.41) is 5.76. The van der Waals surface area contributed by atoms with Crippen molar-refractivity contribution in [2.24, 2.45) is 0 Å². The highest BCUT2D eigenvalue weighted by molar-refractivity contribution is 9.11. The summed E-state index contributed by atoms with van der Waals surface area (Å²) in [6, 6.07) is 8.55. The van der Waals surface area contributed by atoms with Gasteiger partial charge in [-0.05, 0) is 72.6 Å². The largest absolute Gasteiger partial charge is 0.414 e. The first kappa shape index (κ1) is 22.0. The van der Waals surface area contributed by atoms with Crippen molar-refractivity contribution < 1.29 is 19.1 Å². The van der Waals surface area contributed by atoms with Crippen LogP contribution in [0.3, 0.4) is 0 Å². The van der Waals surface area contributed by atoms with Gasteiger partial charge in [-0.3, -0.25) is 9.59 Å². The van der Waals surface area contributed by atoms with E-state index in [1.165, 1.54) is 11.3 Å². The Morgan fingerprint density at radius 1 is 1.13 bits per heavy atom. The van der Waals surface area contributed by atoms with Crippen molar-refractivity contribution in [3.8, 4) is 5.06 Å². The standard InChI is InChI=1S/C21H22BrN3O4S/c1-13-12-14(6-7-15(13)18(26)25-10-4-5-11-25)23-19(27)21(2,3)24-20(28)29-17-9-8-16(22)30-17/h4-9,12H,10-11H2,1-3H3,(H,23,27)(H,24,28). The molecule has 0 fully saturated rings. The van der Waals surface area contributed by atoms with Crippen LogP contribution in [-0.2, 0) is 4.79 Å². The number of rotatable bonds is 5. The summed E-state index contributed by atoms with van der Waals surface area (Å²) in [6.45, 7) is 6.20. The summed E-state index contributed by atoms with van der Waals surface area (Å²) in [4.78, 5) is 39.1. The van der Waals surface area contributed by atoms with Gasteiger partial charge in [0.1, 0.15) is 5.54 Å². The van der Waals surface area contributed by atoms with Crippen LogP contribution < -0.4 is 15.4 Å². The van der Waals surface area contributed by atoms with Crippen LogP contribution in [0.2, 0.25) is 0 Å². The predicted molar refractivity (Wildman–Crippen MR) is 120 cm³/mol. The second kappa shape index (κ2) is 9.01. The number of nitrogens with one attached hydrogen (secondary N) is 2. The highest BCUT2D eigenvalue weighted by Crippen LogP contribution is 2.28. The molecular weight excluding hydrogens is 470 g/mol. The van der Waals surface area contributed by atoms with Gasteiger partial charge in [0.25, 0.3) is 5.91 Å². The monoisotopic (exact) mass is 491 g/mol. The lowest BCUT2D eigenvalue weighted by Crippen LogP contribution is -2.53. The molecule has 1 aliphatic heterocycles. The maximum Gasteiger partial charge on any atom is 0.414 e. The van der Waals surface area contributed by atoms with E-state index in [4.69, 9.17) is 4.74 Å². The van der Waals surface area contributed by atoms with Crippen molar-refractivity contribution in [1.82, 2.24) is 10.2 Å². The minimum absolute atomic E-state index is 0.0414. The van der Waals surface area contributed by atoms with Gasteiger partial charge < -0.3 is 20.3 Å². The van der Waals surface area contributed by atoms with Crippen LogP contribution in [-0.4, -0.2) is 41.4 Å². The summed E-state index contributed by atoms with van der Waals surface area (Å²) in [7, 11) is 0. The van der Waals surface area contributed by atoms with E-state index in [0.29, 0.717) is 29.4 Å². The van der Waals surface area contributed by atoms with Crippen molar-refractivity contribution in [3.63, 3.8) is 0 Å². The molecule has 3 rings (SSSR count). The van der Waals surface area contributed by atoms with Crippen LogP contribution in [0.4, 0.5) is 10.5 Å². The Kier molecular flexibility index (Phi) is 6.62. The average Bonchev–Trinajstić information content (AvgIpc) is 3.32. The summed E-state index contributed by atoms with van der Waals surface area (Å²) < 4.78 is 6.03. The van der Waals surface area contributed by atoms with E-state index in [1.807, 2.05) is 19.1 Å². The fourth-order valence-corrected chi connectivity index (χ4v) is 4.06. The summed E-state index contributed by atoms with van der Waals surface area (Å²) in [5.74, 6) is -0.450. The fraction of sp³-hybridized carbons (Fsp3) is 0.286. The van der Waals surface area contributed by atoms with Gasteiger partial charge >= 0.3 is 6.09 Å². The number of hydrogen-bond donors (Lipinski definition) is 2. The topological polar surface area (TPSA) is 87.7 Å². The molecule has 1 aliphatic rings. The van der Waals surface area contributed by atoms with E-state index in [1.54, 1.807) is 49.1 Å². The quantitative estimate of drug-likeness (QED) is 0.609. The number of carbonyl (C=O) groups is 3. The third-order valence-electron chi connectivity index (χ3n) is 4.54. The number of anilines is 1. The zero-order valence-corrected chi connectivity index (χ0v) is 19.2. The number of carbonyl (C=O) groups excluding carboxylic acids is 3. The number of halogens is 1. The molecule has 0 atom stereocenters. The minimum Gasteiger partial charge on any atom is -0.399 e. The number of aryl methyl sites for hydroxylation is 1. The zero-order chi connectivity index (χ0) is 21.9. The number of benzene rings is 1. The first-order valence-corrected chi connectivity index (χ1v) is 10.9. The van der Waals surface area contributed by atoms with Crippen molar-refractivity contribution >= 4 is 50.9 Å². The van der Waals surface area contributed by atoms with Crippen molar-refractivity contribution in [2.45, 2.75) is 26.3 Å². The second-order valence-corrected chi connectivity index (χ2v) is 9.79. The molecule has 0 spiro atoms. The summed E-state index contributed by atoms with van der Waals surface area (Å²) >= 11 is 4.56.